The third-order valence-electron chi connectivity index (χ3n) is 3.10. The lowest BCUT2D eigenvalue weighted by molar-refractivity contribution is -0.154. The molecule has 0 saturated heterocycles. The van der Waals surface area contributed by atoms with Gasteiger partial charge in [0, 0.05) is 9.79 Å². The quantitative estimate of drug-likeness (QED) is 0.295. The van der Waals surface area contributed by atoms with Gasteiger partial charge in [0.1, 0.15) is 0 Å². The molecule has 0 unspecified atom stereocenters. The predicted octanol–water partition coefficient (Wildman–Crippen LogP) is 4.39. The van der Waals surface area contributed by atoms with Gasteiger partial charge in [0.2, 0.25) is 0 Å². The van der Waals surface area contributed by atoms with Gasteiger partial charge in [-0.1, -0.05) is 59.9 Å². The second-order valence-electron chi connectivity index (χ2n) is 4.89. The Balaban J connectivity index is 2.47. The minimum atomic E-state index is -1.56. The number of hydrogen-bond donors (Lipinski definition) is 0. The molecule has 2 rings (SSSR count). The molecular formula is C19H20O4S2. The van der Waals surface area contributed by atoms with Gasteiger partial charge in [-0.15, -0.1) is 0 Å². The van der Waals surface area contributed by atoms with Crippen LogP contribution in [0.1, 0.15) is 13.8 Å². The second kappa shape index (κ2) is 9.53. The molecule has 2 aromatic rings. The van der Waals surface area contributed by atoms with Crippen molar-refractivity contribution in [2.24, 2.45) is 0 Å². The van der Waals surface area contributed by atoms with Crippen LogP contribution in [-0.4, -0.2) is 29.2 Å². The molecule has 0 spiro atoms. The molecule has 132 valence electrons. The molecule has 0 amide bonds. The van der Waals surface area contributed by atoms with E-state index in [1.54, 1.807) is 13.8 Å². The van der Waals surface area contributed by atoms with Gasteiger partial charge in [-0.3, -0.25) is 0 Å². The molecule has 0 saturated carbocycles. The van der Waals surface area contributed by atoms with E-state index in [1.807, 2.05) is 60.7 Å². The van der Waals surface area contributed by atoms with Crippen LogP contribution in [-0.2, 0) is 19.1 Å². The van der Waals surface area contributed by atoms with Crippen LogP contribution in [0.5, 0.6) is 0 Å². The van der Waals surface area contributed by atoms with Crippen molar-refractivity contribution in [3.63, 3.8) is 0 Å². The van der Waals surface area contributed by atoms with Crippen molar-refractivity contribution in [3.8, 4) is 0 Å². The molecule has 0 aliphatic heterocycles. The van der Waals surface area contributed by atoms with E-state index in [0.29, 0.717) is 0 Å². The molecule has 0 heterocycles. The molecule has 6 heteroatoms. The first-order chi connectivity index (χ1) is 12.1. The first kappa shape index (κ1) is 19.4. The van der Waals surface area contributed by atoms with Gasteiger partial charge in [-0.25, -0.2) is 9.59 Å². The summed E-state index contributed by atoms with van der Waals surface area (Å²) in [6.07, 6.45) is 0. The third-order valence-corrected chi connectivity index (χ3v) is 5.86. The molecule has 0 aliphatic carbocycles. The standard InChI is InChI=1S/C19H20O4S2/c1-3-22-17(20)19(18(21)23-4-2,24-15-11-7-5-8-12-15)25-16-13-9-6-10-14-16/h5-14H,3-4H2,1-2H3. The molecular weight excluding hydrogens is 356 g/mol. The fraction of sp³-hybridized carbons (Fsp3) is 0.263. The zero-order valence-corrected chi connectivity index (χ0v) is 15.8. The number of carbonyl (C=O) groups excluding carboxylic acids is 2. The number of carbonyl (C=O) groups is 2. The number of rotatable bonds is 8. The van der Waals surface area contributed by atoms with Crippen LogP contribution in [0.2, 0.25) is 0 Å². The van der Waals surface area contributed by atoms with E-state index >= 15 is 0 Å². The van der Waals surface area contributed by atoms with E-state index in [1.165, 1.54) is 0 Å². The zero-order chi connectivity index (χ0) is 18.1. The Bertz CT molecular complexity index is 628. The smallest absolute Gasteiger partial charge is 0.345 e. The molecule has 0 aromatic heterocycles. The van der Waals surface area contributed by atoms with Gasteiger partial charge in [-0.2, -0.15) is 0 Å². The Hall–Kier alpha value is -1.92. The average Bonchev–Trinajstić information content (AvgIpc) is 2.63. The summed E-state index contributed by atoms with van der Waals surface area (Å²) in [4.78, 5) is 27.2. The summed E-state index contributed by atoms with van der Waals surface area (Å²) in [5.74, 6) is -1.23. The fourth-order valence-corrected chi connectivity index (χ4v) is 4.60. The Morgan fingerprint density at radius 1 is 0.760 bits per heavy atom. The van der Waals surface area contributed by atoms with E-state index in [9.17, 15) is 9.59 Å². The highest BCUT2D eigenvalue weighted by atomic mass is 32.2. The predicted molar refractivity (Wildman–Crippen MR) is 101 cm³/mol. The number of benzene rings is 2. The van der Waals surface area contributed by atoms with Gasteiger partial charge in [0.25, 0.3) is 4.08 Å². The second-order valence-corrected chi connectivity index (χ2v) is 7.72. The SMILES string of the molecule is CCOC(=O)C(Sc1ccccc1)(Sc1ccccc1)C(=O)OCC. The zero-order valence-electron chi connectivity index (χ0n) is 14.1. The lowest BCUT2D eigenvalue weighted by atomic mass is 10.4. The summed E-state index contributed by atoms with van der Waals surface area (Å²) in [6.45, 7) is 3.80. The van der Waals surface area contributed by atoms with Crippen LogP contribution in [0.15, 0.2) is 70.5 Å². The molecule has 0 aliphatic rings. The molecule has 4 nitrogen and oxygen atoms in total. The fourth-order valence-electron chi connectivity index (χ4n) is 2.03. The van der Waals surface area contributed by atoms with Gasteiger partial charge in [-0.05, 0) is 38.1 Å². The van der Waals surface area contributed by atoms with Crippen molar-refractivity contribution in [2.75, 3.05) is 13.2 Å². The molecule has 2 aromatic carbocycles. The Morgan fingerprint density at radius 3 is 1.44 bits per heavy atom. The Morgan fingerprint density at radius 2 is 1.12 bits per heavy atom. The van der Waals surface area contributed by atoms with Crippen molar-refractivity contribution in [1.29, 1.82) is 0 Å². The largest absolute Gasteiger partial charge is 0.464 e. The number of esters is 2. The van der Waals surface area contributed by atoms with E-state index in [0.717, 1.165) is 33.3 Å². The highest BCUT2D eigenvalue weighted by molar-refractivity contribution is 8.20. The van der Waals surface area contributed by atoms with Crippen LogP contribution >= 0.6 is 23.5 Å². The monoisotopic (exact) mass is 376 g/mol. The molecule has 0 bridgehead atoms. The molecule has 0 radical (unpaired) electrons. The van der Waals surface area contributed by atoms with Crippen molar-refractivity contribution in [2.45, 2.75) is 27.7 Å². The minimum Gasteiger partial charge on any atom is -0.464 e. The van der Waals surface area contributed by atoms with Crippen LogP contribution in [0.25, 0.3) is 0 Å². The first-order valence-corrected chi connectivity index (χ1v) is 9.58. The van der Waals surface area contributed by atoms with Crippen LogP contribution in [0.4, 0.5) is 0 Å². The molecule has 25 heavy (non-hydrogen) atoms. The van der Waals surface area contributed by atoms with Gasteiger partial charge in [0.05, 0.1) is 13.2 Å². The highest BCUT2D eigenvalue weighted by Crippen LogP contribution is 2.47. The summed E-state index contributed by atoms with van der Waals surface area (Å²) in [5.41, 5.74) is 0. The summed E-state index contributed by atoms with van der Waals surface area (Å²) < 4.78 is 8.91. The van der Waals surface area contributed by atoms with Crippen LogP contribution in [0.3, 0.4) is 0 Å². The number of ether oxygens (including phenoxy) is 2. The van der Waals surface area contributed by atoms with Crippen molar-refractivity contribution >= 4 is 35.5 Å². The van der Waals surface area contributed by atoms with Crippen molar-refractivity contribution in [1.82, 2.24) is 0 Å². The maximum absolute atomic E-state index is 12.8. The van der Waals surface area contributed by atoms with Gasteiger partial charge < -0.3 is 9.47 Å². The Kier molecular flexibility index (Phi) is 7.40. The minimum absolute atomic E-state index is 0.185. The third kappa shape index (κ3) is 5.03. The number of hydrogen-bond acceptors (Lipinski definition) is 6. The van der Waals surface area contributed by atoms with Crippen molar-refractivity contribution in [3.05, 3.63) is 60.7 Å². The van der Waals surface area contributed by atoms with E-state index in [-0.39, 0.29) is 13.2 Å². The number of thioether (sulfide) groups is 2. The normalized spacial score (nSPS) is 11.0. The summed E-state index contributed by atoms with van der Waals surface area (Å²) in [6, 6.07) is 18.6. The lowest BCUT2D eigenvalue weighted by Crippen LogP contribution is -2.43. The lowest BCUT2D eigenvalue weighted by Gasteiger charge is -2.28. The highest BCUT2D eigenvalue weighted by Gasteiger charge is 2.51. The molecule has 0 N–H and O–H groups in total. The van der Waals surface area contributed by atoms with Crippen molar-refractivity contribution < 1.29 is 19.1 Å². The topological polar surface area (TPSA) is 52.6 Å². The summed E-state index contributed by atoms with van der Waals surface area (Å²) in [5, 5.41) is 0. The summed E-state index contributed by atoms with van der Waals surface area (Å²) in [7, 11) is 0. The average molecular weight is 376 g/mol. The van der Waals surface area contributed by atoms with E-state index in [2.05, 4.69) is 0 Å². The van der Waals surface area contributed by atoms with Gasteiger partial charge in [0.15, 0.2) is 0 Å². The van der Waals surface area contributed by atoms with E-state index < -0.39 is 16.0 Å². The maximum Gasteiger partial charge on any atom is 0.345 e. The van der Waals surface area contributed by atoms with Crippen LogP contribution < -0.4 is 0 Å². The summed E-state index contributed by atoms with van der Waals surface area (Å²) >= 11 is 2.28. The Labute approximate surface area is 156 Å². The molecule has 0 atom stereocenters. The van der Waals surface area contributed by atoms with Gasteiger partial charge >= 0.3 is 11.9 Å². The van der Waals surface area contributed by atoms with E-state index in [4.69, 9.17) is 9.47 Å². The van der Waals surface area contributed by atoms with Crippen LogP contribution in [0, 0.1) is 0 Å². The maximum atomic E-state index is 12.8. The molecule has 0 fully saturated rings. The first-order valence-electron chi connectivity index (χ1n) is 7.95.